The zero-order valence-electron chi connectivity index (χ0n) is 11.2. The van der Waals surface area contributed by atoms with Gasteiger partial charge < -0.3 is 10.6 Å². The topological polar surface area (TPSA) is 29.3 Å². The highest BCUT2D eigenvalue weighted by Crippen LogP contribution is 2.30. The summed E-state index contributed by atoms with van der Waals surface area (Å²) in [6, 6.07) is 0. The molecule has 0 bridgehead atoms. The number of nitrogens with two attached hydrogens (primary N) is 1. The molecular weight excluding hydrogens is 228 g/mol. The van der Waals surface area contributed by atoms with Gasteiger partial charge >= 0.3 is 0 Å². The summed E-state index contributed by atoms with van der Waals surface area (Å²) in [7, 11) is 0. The molecule has 1 saturated heterocycles. The molecule has 0 aromatic rings. The molecule has 0 aromatic carbocycles. The Morgan fingerprint density at radius 3 is 2.53 bits per heavy atom. The van der Waals surface area contributed by atoms with Gasteiger partial charge in [0.15, 0.2) is 0 Å². The zero-order chi connectivity index (χ0) is 12.1. The van der Waals surface area contributed by atoms with Gasteiger partial charge in [-0.2, -0.15) is 11.8 Å². The summed E-state index contributed by atoms with van der Waals surface area (Å²) in [5.74, 6) is 3.13. The molecular formula is C14H28N2S. The lowest BCUT2D eigenvalue weighted by Crippen LogP contribution is -2.41. The van der Waals surface area contributed by atoms with E-state index in [1.165, 1.54) is 57.5 Å². The Morgan fingerprint density at radius 2 is 1.88 bits per heavy atom. The summed E-state index contributed by atoms with van der Waals surface area (Å²) in [5, 5.41) is 0.893. The summed E-state index contributed by atoms with van der Waals surface area (Å²) in [4.78, 5) is 2.72. The van der Waals surface area contributed by atoms with E-state index in [9.17, 15) is 0 Å². The lowest BCUT2D eigenvalue weighted by atomic mass is 9.82. The van der Waals surface area contributed by atoms with Crippen LogP contribution in [-0.2, 0) is 0 Å². The van der Waals surface area contributed by atoms with E-state index in [1.54, 1.807) is 0 Å². The van der Waals surface area contributed by atoms with E-state index < -0.39 is 0 Å². The third-order valence-corrected chi connectivity index (χ3v) is 5.87. The van der Waals surface area contributed by atoms with Crippen molar-refractivity contribution in [1.82, 2.24) is 4.90 Å². The second-order valence-corrected chi connectivity index (χ2v) is 7.19. The predicted octanol–water partition coefficient (Wildman–Crippen LogP) is 2.58. The van der Waals surface area contributed by atoms with E-state index in [2.05, 4.69) is 23.6 Å². The average Bonchev–Trinajstić information content (AvgIpc) is 2.40. The van der Waals surface area contributed by atoms with E-state index in [0.717, 1.165) is 23.6 Å². The van der Waals surface area contributed by atoms with Crippen molar-refractivity contribution in [2.75, 3.05) is 31.9 Å². The Balaban J connectivity index is 1.70. The number of hydrogen-bond donors (Lipinski definition) is 1. The first kappa shape index (κ1) is 13.7. The number of hydrogen-bond acceptors (Lipinski definition) is 3. The Labute approximate surface area is 111 Å². The number of rotatable bonds is 4. The molecule has 2 N–H and O–H groups in total. The molecule has 2 aliphatic rings. The molecule has 1 heterocycles. The smallest absolute Gasteiger partial charge is 0.0172 e. The van der Waals surface area contributed by atoms with Crippen LogP contribution in [-0.4, -0.2) is 42.1 Å². The zero-order valence-corrected chi connectivity index (χ0v) is 12.1. The second kappa shape index (κ2) is 7.01. The Kier molecular flexibility index (Phi) is 5.64. The largest absolute Gasteiger partial charge is 0.330 e. The van der Waals surface area contributed by atoms with E-state index in [-0.39, 0.29) is 0 Å². The van der Waals surface area contributed by atoms with Crippen molar-refractivity contribution in [3.05, 3.63) is 0 Å². The lowest BCUT2D eigenvalue weighted by Gasteiger charge is -2.36. The van der Waals surface area contributed by atoms with E-state index in [0.29, 0.717) is 0 Å². The van der Waals surface area contributed by atoms with Crippen molar-refractivity contribution >= 4 is 11.8 Å². The molecule has 1 aliphatic carbocycles. The van der Waals surface area contributed by atoms with Crippen LogP contribution >= 0.6 is 11.8 Å². The standard InChI is InChI=1S/C14H28N2S/c1-2-14-11-16(7-8-17-14)10-13-5-3-12(9-15)4-6-13/h12-14H,2-11,15H2,1H3. The first-order chi connectivity index (χ1) is 8.31. The van der Waals surface area contributed by atoms with Crippen LogP contribution in [0.25, 0.3) is 0 Å². The van der Waals surface area contributed by atoms with Crippen LogP contribution in [0.2, 0.25) is 0 Å². The maximum atomic E-state index is 5.76. The van der Waals surface area contributed by atoms with E-state index in [1.807, 2.05) is 0 Å². The SMILES string of the molecule is CCC1CN(CC2CCC(CN)CC2)CCS1. The third kappa shape index (κ3) is 4.15. The van der Waals surface area contributed by atoms with Gasteiger partial charge in [-0.3, -0.25) is 0 Å². The van der Waals surface area contributed by atoms with Crippen molar-refractivity contribution in [2.24, 2.45) is 17.6 Å². The van der Waals surface area contributed by atoms with Gasteiger partial charge in [-0.15, -0.1) is 0 Å². The van der Waals surface area contributed by atoms with Crippen LogP contribution in [0.1, 0.15) is 39.0 Å². The summed E-state index contributed by atoms with van der Waals surface area (Å²) < 4.78 is 0. The van der Waals surface area contributed by atoms with Crippen LogP contribution in [0, 0.1) is 11.8 Å². The summed E-state index contributed by atoms with van der Waals surface area (Å²) in [6.45, 7) is 7.24. The fourth-order valence-corrected chi connectivity index (χ4v) is 4.46. The maximum absolute atomic E-state index is 5.76. The molecule has 3 heteroatoms. The lowest BCUT2D eigenvalue weighted by molar-refractivity contribution is 0.185. The van der Waals surface area contributed by atoms with Crippen LogP contribution in [0.4, 0.5) is 0 Å². The molecule has 0 aromatic heterocycles. The Hall–Kier alpha value is 0.270. The molecule has 1 atom stereocenters. The highest BCUT2D eigenvalue weighted by atomic mass is 32.2. The van der Waals surface area contributed by atoms with Crippen LogP contribution < -0.4 is 5.73 Å². The van der Waals surface area contributed by atoms with Crippen LogP contribution in [0.5, 0.6) is 0 Å². The van der Waals surface area contributed by atoms with Gasteiger partial charge in [0.2, 0.25) is 0 Å². The van der Waals surface area contributed by atoms with Crippen LogP contribution in [0.3, 0.4) is 0 Å². The van der Waals surface area contributed by atoms with E-state index >= 15 is 0 Å². The minimum absolute atomic E-state index is 0.826. The molecule has 0 radical (unpaired) electrons. The Bertz CT molecular complexity index is 214. The van der Waals surface area contributed by atoms with Gasteiger partial charge in [-0.1, -0.05) is 6.92 Å². The molecule has 0 amide bonds. The fourth-order valence-electron chi connectivity index (χ4n) is 3.21. The average molecular weight is 256 g/mol. The van der Waals surface area contributed by atoms with Gasteiger partial charge in [0, 0.05) is 30.6 Å². The third-order valence-electron chi connectivity index (χ3n) is 4.49. The predicted molar refractivity (Wildman–Crippen MR) is 77.5 cm³/mol. The fraction of sp³-hybridized carbons (Fsp3) is 1.00. The number of nitrogens with zero attached hydrogens (tertiary/aromatic N) is 1. The summed E-state index contributed by atoms with van der Waals surface area (Å²) in [6.07, 6.45) is 6.92. The second-order valence-electron chi connectivity index (χ2n) is 5.78. The monoisotopic (exact) mass is 256 g/mol. The molecule has 100 valence electrons. The number of thioether (sulfide) groups is 1. The first-order valence-corrected chi connectivity index (χ1v) is 8.40. The van der Waals surface area contributed by atoms with Crippen molar-refractivity contribution < 1.29 is 0 Å². The minimum atomic E-state index is 0.826. The highest BCUT2D eigenvalue weighted by molar-refractivity contribution is 8.00. The van der Waals surface area contributed by atoms with Gasteiger partial charge in [-0.05, 0) is 50.5 Å². The van der Waals surface area contributed by atoms with Crippen molar-refractivity contribution in [3.63, 3.8) is 0 Å². The molecule has 2 fully saturated rings. The van der Waals surface area contributed by atoms with Gasteiger partial charge in [0.1, 0.15) is 0 Å². The van der Waals surface area contributed by atoms with E-state index in [4.69, 9.17) is 5.73 Å². The highest BCUT2D eigenvalue weighted by Gasteiger charge is 2.25. The van der Waals surface area contributed by atoms with Crippen molar-refractivity contribution in [3.8, 4) is 0 Å². The minimum Gasteiger partial charge on any atom is -0.330 e. The molecule has 2 rings (SSSR count). The molecule has 1 unspecified atom stereocenters. The molecule has 1 saturated carbocycles. The van der Waals surface area contributed by atoms with Crippen molar-refractivity contribution in [2.45, 2.75) is 44.3 Å². The Morgan fingerprint density at radius 1 is 1.18 bits per heavy atom. The molecule has 17 heavy (non-hydrogen) atoms. The quantitative estimate of drug-likeness (QED) is 0.838. The molecule has 2 nitrogen and oxygen atoms in total. The summed E-state index contributed by atoms with van der Waals surface area (Å²) >= 11 is 2.17. The maximum Gasteiger partial charge on any atom is 0.0172 e. The van der Waals surface area contributed by atoms with Gasteiger partial charge in [0.05, 0.1) is 0 Å². The summed E-state index contributed by atoms with van der Waals surface area (Å²) in [5.41, 5.74) is 5.76. The van der Waals surface area contributed by atoms with Crippen LogP contribution in [0.15, 0.2) is 0 Å². The normalized spacial score (nSPS) is 36.0. The first-order valence-electron chi connectivity index (χ1n) is 7.35. The molecule has 1 aliphatic heterocycles. The van der Waals surface area contributed by atoms with Gasteiger partial charge in [-0.25, -0.2) is 0 Å². The van der Waals surface area contributed by atoms with Gasteiger partial charge in [0.25, 0.3) is 0 Å². The molecule has 0 spiro atoms. The van der Waals surface area contributed by atoms with Crippen molar-refractivity contribution in [1.29, 1.82) is 0 Å².